The monoisotopic (exact) mass is 298 g/mol. The lowest BCUT2D eigenvalue weighted by Gasteiger charge is -2.36. The number of benzene rings is 1. The maximum Gasteiger partial charge on any atom is 0.417 e. The molecule has 1 atom stereocenters. The number of nitrogens with zero attached hydrogens (tertiary/aromatic N) is 2. The normalized spacial score (nSPS) is 19.1. The van der Waals surface area contributed by atoms with Crippen molar-refractivity contribution in [2.45, 2.75) is 12.2 Å². The molecule has 112 valence electrons. The van der Waals surface area contributed by atoms with Gasteiger partial charge in [0.2, 0.25) is 5.91 Å². The van der Waals surface area contributed by atoms with Crippen molar-refractivity contribution >= 4 is 11.6 Å². The van der Waals surface area contributed by atoms with Gasteiger partial charge < -0.3 is 16.0 Å². The van der Waals surface area contributed by atoms with Gasteiger partial charge in [-0.25, -0.2) is 0 Å². The largest absolute Gasteiger partial charge is 0.417 e. The summed E-state index contributed by atoms with van der Waals surface area (Å²) < 4.78 is 38.3. The number of anilines is 1. The maximum atomic E-state index is 12.8. The van der Waals surface area contributed by atoms with Gasteiger partial charge in [-0.15, -0.1) is 0 Å². The van der Waals surface area contributed by atoms with E-state index in [1.54, 1.807) is 11.0 Å². The number of primary amides is 1. The number of hydrogen-bond acceptors (Lipinski definition) is 4. The van der Waals surface area contributed by atoms with Crippen LogP contribution < -0.4 is 16.0 Å². The number of nitrogens with one attached hydrogen (secondary N) is 1. The Morgan fingerprint density at radius 2 is 2.19 bits per heavy atom. The molecule has 1 aliphatic rings. The molecule has 1 aliphatic heterocycles. The van der Waals surface area contributed by atoms with Gasteiger partial charge in [0.25, 0.3) is 0 Å². The Kier molecular flexibility index (Phi) is 4.04. The molecule has 21 heavy (non-hydrogen) atoms. The van der Waals surface area contributed by atoms with E-state index in [2.05, 4.69) is 5.32 Å². The van der Waals surface area contributed by atoms with Crippen LogP contribution in [0.1, 0.15) is 11.1 Å². The minimum absolute atomic E-state index is 0.318. The summed E-state index contributed by atoms with van der Waals surface area (Å²) in [6.07, 6.45) is -4.59. The molecule has 0 saturated carbocycles. The van der Waals surface area contributed by atoms with Gasteiger partial charge in [0.15, 0.2) is 0 Å². The smallest absolute Gasteiger partial charge is 0.368 e. The maximum absolute atomic E-state index is 12.8. The second-order valence-corrected chi connectivity index (χ2v) is 4.66. The van der Waals surface area contributed by atoms with Crippen LogP contribution in [0.4, 0.5) is 18.9 Å². The molecule has 1 unspecified atom stereocenters. The molecular formula is C13H13F3N4O. The highest BCUT2D eigenvalue weighted by Gasteiger charge is 2.34. The Morgan fingerprint density at radius 3 is 2.76 bits per heavy atom. The number of piperazine rings is 1. The average molecular weight is 298 g/mol. The summed E-state index contributed by atoms with van der Waals surface area (Å²) in [5.74, 6) is -0.569. The SMILES string of the molecule is N#Cc1cc(N2CCNCC2C(N)=O)ccc1C(F)(F)F. The molecule has 1 amide bonds. The lowest BCUT2D eigenvalue weighted by Crippen LogP contribution is -2.57. The number of carbonyl (C=O) groups is 1. The van der Waals surface area contributed by atoms with E-state index in [1.807, 2.05) is 0 Å². The van der Waals surface area contributed by atoms with Crippen LogP contribution in [0.25, 0.3) is 0 Å². The van der Waals surface area contributed by atoms with Crippen molar-refractivity contribution in [1.82, 2.24) is 5.32 Å². The third-order valence-corrected chi connectivity index (χ3v) is 3.33. The van der Waals surface area contributed by atoms with E-state index < -0.39 is 29.3 Å². The number of rotatable bonds is 2. The Labute approximate surface area is 119 Å². The molecule has 5 nitrogen and oxygen atoms in total. The van der Waals surface area contributed by atoms with Crippen LogP contribution in [0.15, 0.2) is 18.2 Å². The number of nitriles is 1. The van der Waals surface area contributed by atoms with E-state index in [9.17, 15) is 18.0 Å². The summed E-state index contributed by atoms with van der Waals surface area (Å²) in [7, 11) is 0. The van der Waals surface area contributed by atoms with E-state index in [4.69, 9.17) is 11.0 Å². The molecule has 1 heterocycles. The Balaban J connectivity index is 2.41. The lowest BCUT2D eigenvalue weighted by molar-refractivity contribution is -0.137. The minimum atomic E-state index is -4.59. The molecule has 8 heteroatoms. The van der Waals surface area contributed by atoms with Crippen LogP contribution in [0, 0.1) is 11.3 Å². The van der Waals surface area contributed by atoms with Crippen molar-refractivity contribution in [3.63, 3.8) is 0 Å². The highest BCUT2D eigenvalue weighted by molar-refractivity contribution is 5.84. The standard InChI is InChI=1S/C13H13F3N4O/c14-13(15,16)10-2-1-9(5-8(10)6-17)20-4-3-19-7-11(20)12(18)21/h1-2,5,11,19H,3-4,7H2,(H2,18,21). The van der Waals surface area contributed by atoms with Crippen LogP contribution in [0.5, 0.6) is 0 Å². The molecule has 0 bridgehead atoms. The van der Waals surface area contributed by atoms with E-state index >= 15 is 0 Å². The molecule has 1 fully saturated rings. The zero-order valence-electron chi connectivity index (χ0n) is 10.9. The molecule has 0 aromatic heterocycles. The first kappa shape index (κ1) is 15.1. The predicted octanol–water partition coefficient (Wildman–Crippen LogP) is 0.841. The molecule has 1 aromatic rings. The van der Waals surface area contributed by atoms with Gasteiger partial charge in [0, 0.05) is 25.3 Å². The van der Waals surface area contributed by atoms with Gasteiger partial charge in [0.05, 0.1) is 17.2 Å². The third kappa shape index (κ3) is 3.08. The molecular weight excluding hydrogens is 285 g/mol. The molecule has 1 saturated heterocycles. The van der Waals surface area contributed by atoms with Crippen molar-refractivity contribution in [2.75, 3.05) is 24.5 Å². The van der Waals surface area contributed by atoms with Crippen molar-refractivity contribution in [2.24, 2.45) is 5.73 Å². The number of carbonyl (C=O) groups excluding carboxylic acids is 1. The van der Waals surface area contributed by atoms with Gasteiger partial charge in [0.1, 0.15) is 6.04 Å². The molecule has 1 aromatic carbocycles. The van der Waals surface area contributed by atoms with Crippen LogP contribution in [-0.2, 0) is 11.0 Å². The number of halogens is 3. The zero-order chi connectivity index (χ0) is 15.6. The summed E-state index contributed by atoms with van der Waals surface area (Å²) >= 11 is 0. The van der Waals surface area contributed by atoms with Crippen LogP contribution in [-0.4, -0.2) is 31.6 Å². The topological polar surface area (TPSA) is 82.2 Å². The van der Waals surface area contributed by atoms with Gasteiger partial charge >= 0.3 is 6.18 Å². The Bertz CT molecular complexity index is 594. The zero-order valence-corrected chi connectivity index (χ0v) is 10.9. The summed E-state index contributed by atoms with van der Waals surface area (Å²) in [6.45, 7) is 1.31. The molecule has 3 N–H and O–H groups in total. The summed E-state index contributed by atoms with van der Waals surface area (Å²) in [4.78, 5) is 13.0. The Hall–Kier alpha value is -2.27. The van der Waals surface area contributed by atoms with E-state index in [1.165, 1.54) is 6.07 Å². The predicted molar refractivity (Wildman–Crippen MR) is 69.4 cm³/mol. The van der Waals surface area contributed by atoms with Crippen molar-refractivity contribution in [3.8, 4) is 6.07 Å². The second-order valence-electron chi connectivity index (χ2n) is 4.66. The van der Waals surface area contributed by atoms with Crippen molar-refractivity contribution < 1.29 is 18.0 Å². The lowest BCUT2D eigenvalue weighted by atomic mass is 10.0. The first-order valence-corrected chi connectivity index (χ1v) is 6.22. The fourth-order valence-electron chi connectivity index (χ4n) is 2.32. The van der Waals surface area contributed by atoms with Gasteiger partial charge in [-0.05, 0) is 18.2 Å². The fourth-order valence-corrected chi connectivity index (χ4v) is 2.32. The third-order valence-electron chi connectivity index (χ3n) is 3.33. The molecule has 0 spiro atoms. The highest BCUT2D eigenvalue weighted by Crippen LogP contribution is 2.34. The number of nitrogens with two attached hydrogens (primary N) is 1. The number of hydrogen-bond donors (Lipinski definition) is 2. The molecule has 2 rings (SSSR count). The fraction of sp³-hybridized carbons (Fsp3) is 0.385. The first-order chi connectivity index (χ1) is 9.84. The molecule has 0 radical (unpaired) electrons. The van der Waals surface area contributed by atoms with Crippen LogP contribution >= 0.6 is 0 Å². The van der Waals surface area contributed by atoms with Gasteiger partial charge in [-0.3, -0.25) is 4.79 Å². The van der Waals surface area contributed by atoms with E-state index in [-0.39, 0.29) is 0 Å². The van der Waals surface area contributed by atoms with E-state index in [0.717, 1.165) is 12.1 Å². The molecule has 0 aliphatic carbocycles. The van der Waals surface area contributed by atoms with Gasteiger partial charge in [-0.1, -0.05) is 0 Å². The van der Waals surface area contributed by atoms with Crippen molar-refractivity contribution in [1.29, 1.82) is 5.26 Å². The second kappa shape index (κ2) is 5.61. The quantitative estimate of drug-likeness (QED) is 0.847. The van der Waals surface area contributed by atoms with Crippen molar-refractivity contribution in [3.05, 3.63) is 29.3 Å². The minimum Gasteiger partial charge on any atom is -0.368 e. The average Bonchev–Trinajstić information content (AvgIpc) is 2.45. The summed E-state index contributed by atoms with van der Waals surface area (Å²) in [5, 5.41) is 11.9. The number of amides is 1. The first-order valence-electron chi connectivity index (χ1n) is 6.22. The van der Waals surface area contributed by atoms with E-state index in [0.29, 0.717) is 25.3 Å². The highest BCUT2D eigenvalue weighted by atomic mass is 19.4. The summed E-state index contributed by atoms with van der Waals surface area (Å²) in [6, 6.07) is 4.15. The number of alkyl halides is 3. The van der Waals surface area contributed by atoms with Crippen LogP contribution in [0.3, 0.4) is 0 Å². The summed E-state index contributed by atoms with van der Waals surface area (Å²) in [5.41, 5.74) is 4.22. The van der Waals surface area contributed by atoms with Gasteiger partial charge in [-0.2, -0.15) is 18.4 Å². The van der Waals surface area contributed by atoms with Crippen LogP contribution in [0.2, 0.25) is 0 Å². The Morgan fingerprint density at radius 1 is 1.48 bits per heavy atom.